The minimum absolute atomic E-state index is 0.122. The first-order chi connectivity index (χ1) is 16.7. The minimum Gasteiger partial charge on any atom is -0.461 e. The first kappa shape index (κ1) is 24.5. The molecule has 5 rings (SSSR count). The standard InChI is InChI=1S/C27H38N2O6/c1-17(2)15-19(16-30)29-22-24(32)28(18-9-5-4-6-10-18)13-7-12-27(22)20(23(29)31)21-25(33)34-14-8-11-26(21,3)35-27/h7-8,11-12,17-22,30H,4-6,9-10,13-16H2,1-3H3/t19-,20+,21+,22?,26-,27+/m1/s1. The van der Waals surface area contributed by atoms with Crippen LogP contribution in [0.4, 0.5) is 0 Å². The topological polar surface area (TPSA) is 96.4 Å². The van der Waals surface area contributed by atoms with Crippen molar-refractivity contribution < 1.29 is 29.0 Å². The molecule has 1 saturated carbocycles. The second kappa shape index (κ2) is 9.04. The van der Waals surface area contributed by atoms with Crippen molar-refractivity contribution in [1.29, 1.82) is 0 Å². The maximum atomic E-state index is 14.4. The third-order valence-corrected chi connectivity index (χ3v) is 8.64. The second-order valence-corrected chi connectivity index (χ2v) is 11.4. The number of carbonyl (C=O) groups is 3. The molecule has 1 aliphatic carbocycles. The molecule has 1 unspecified atom stereocenters. The number of cyclic esters (lactones) is 1. The Morgan fingerprint density at radius 1 is 1.06 bits per heavy atom. The number of hydrogen-bond acceptors (Lipinski definition) is 6. The van der Waals surface area contributed by atoms with Gasteiger partial charge in [-0.3, -0.25) is 14.4 Å². The van der Waals surface area contributed by atoms with E-state index in [-0.39, 0.29) is 37.0 Å². The Balaban J connectivity index is 1.63. The molecule has 0 aromatic rings. The van der Waals surface area contributed by atoms with E-state index >= 15 is 0 Å². The lowest BCUT2D eigenvalue weighted by molar-refractivity contribution is -0.160. The quantitative estimate of drug-likeness (QED) is 0.473. The highest BCUT2D eigenvalue weighted by Gasteiger charge is 2.75. The zero-order valence-electron chi connectivity index (χ0n) is 21.0. The van der Waals surface area contributed by atoms with E-state index in [1.165, 1.54) is 6.42 Å². The summed E-state index contributed by atoms with van der Waals surface area (Å²) in [5, 5.41) is 10.4. The van der Waals surface area contributed by atoms with Crippen LogP contribution in [-0.2, 0) is 23.9 Å². The second-order valence-electron chi connectivity index (χ2n) is 11.4. The van der Waals surface area contributed by atoms with E-state index in [0.29, 0.717) is 13.0 Å². The largest absolute Gasteiger partial charge is 0.461 e. The fourth-order valence-corrected chi connectivity index (χ4v) is 7.25. The summed E-state index contributed by atoms with van der Waals surface area (Å²) < 4.78 is 12.2. The number of nitrogens with zero attached hydrogens (tertiary/aromatic N) is 2. The van der Waals surface area contributed by atoms with Gasteiger partial charge in [-0.05, 0) is 38.2 Å². The Kier molecular flexibility index (Phi) is 6.33. The van der Waals surface area contributed by atoms with Crippen molar-refractivity contribution in [2.75, 3.05) is 19.8 Å². The molecule has 3 fully saturated rings. The molecule has 8 nitrogen and oxygen atoms in total. The number of aliphatic hydroxyl groups excluding tert-OH is 1. The van der Waals surface area contributed by atoms with Crippen LogP contribution < -0.4 is 0 Å². The Hall–Kier alpha value is -2.19. The minimum atomic E-state index is -1.29. The van der Waals surface area contributed by atoms with Gasteiger partial charge in [0.25, 0.3) is 0 Å². The van der Waals surface area contributed by atoms with E-state index in [9.17, 15) is 19.5 Å². The molecule has 2 saturated heterocycles. The molecule has 1 spiro atoms. The van der Waals surface area contributed by atoms with Gasteiger partial charge in [0.15, 0.2) is 0 Å². The van der Waals surface area contributed by atoms with Crippen LogP contribution in [0.25, 0.3) is 0 Å². The lowest BCUT2D eigenvalue weighted by Gasteiger charge is -2.42. The number of fused-ring (bicyclic) bond motifs is 2. The van der Waals surface area contributed by atoms with Gasteiger partial charge in [-0.2, -0.15) is 0 Å². The Labute approximate surface area is 207 Å². The molecule has 8 heteroatoms. The molecule has 5 aliphatic rings. The molecule has 4 aliphatic heterocycles. The highest BCUT2D eigenvalue weighted by Crippen LogP contribution is 2.58. The predicted molar refractivity (Wildman–Crippen MR) is 128 cm³/mol. The first-order valence-electron chi connectivity index (χ1n) is 13.2. The summed E-state index contributed by atoms with van der Waals surface area (Å²) in [7, 11) is 0. The lowest BCUT2D eigenvalue weighted by Crippen LogP contribution is -2.60. The summed E-state index contributed by atoms with van der Waals surface area (Å²) in [6.45, 7) is 6.20. The highest BCUT2D eigenvalue weighted by molar-refractivity contribution is 5.99. The number of esters is 1. The maximum absolute atomic E-state index is 14.4. The van der Waals surface area contributed by atoms with Crippen LogP contribution in [0, 0.1) is 17.8 Å². The van der Waals surface area contributed by atoms with Gasteiger partial charge in [0.1, 0.15) is 24.2 Å². The average Bonchev–Trinajstić information content (AvgIpc) is 3.09. The van der Waals surface area contributed by atoms with Crippen LogP contribution in [0.1, 0.15) is 59.3 Å². The molecule has 1 N–H and O–H groups in total. The van der Waals surface area contributed by atoms with Gasteiger partial charge in [-0.25, -0.2) is 0 Å². The summed E-state index contributed by atoms with van der Waals surface area (Å²) in [6, 6.07) is -1.34. The monoisotopic (exact) mass is 486 g/mol. The summed E-state index contributed by atoms with van der Waals surface area (Å²) >= 11 is 0. The lowest BCUT2D eigenvalue weighted by atomic mass is 9.74. The van der Waals surface area contributed by atoms with Crippen molar-refractivity contribution in [3.63, 3.8) is 0 Å². The van der Waals surface area contributed by atoms with E-state index in [2.05, 4.69) is 0 Å². The number of hydrogen-bond donors (Lipinski definition) is 1. The number of likely N-dealkylation sites (tertiary alicyclic amines) is 1. The van der Waals surface area contributed by atoms with Crippen molar-refractivity contribution in [2.45, 2.75) is 88.6 Å². The summed E-state index contributed by atoms with van der Waals surface area (Å²) in [4.78, 5) is 45.3. The van der Waals surface area contributed by atoms with E-state index in [1.54, 1.807) is 11.0 Å². The van der Waals surface area contributed by atoms with Gasteiger partial charge in [-0.15, -0.1) is 0 Å². The zero-order valence-corrected chi connectivity index (χ0v) is 21.0. The van der Waals surface area contributed by atoms with Crippen LogP contribution in [0.5, 0.6) is 0 Å². The molecule has 0 bridgehead atoms. The number of amides is 2. The number of rotatable bonds is 5. The van der Waals surface area contributed by atoms with Gasteiger partial charge in [0.05, 0.1) is 24.2 Å². The van der Waals surface area contributed by atoms with Gasteiger partial charge in [0.2, 0.25) is 11.8 Å². The van der Waals surface area contributed by atoms with Crippen molar-refractivity contribution in [3.8, 4) is 0 Å². The molecule has 0 aromatic heterocycles. The first-order valence-corrected chi connectivity index (χ1v) is 13.2. The SMILES string of the molecule is CC(C)C[C@H](CO)N1C(=O)[C@@H]2[C@H]3C(=O)OCC=C[C@@]3(C)O[C@@]23C=CCN(C2CCCCC2)C(=O)C13. The van der Waals surface area contributed by atoms with Gasteiger partial charge in [0, 0.05) is 12.6 Å². The van der Waals surface area contributed by atoms with Crippen LogP contribution in [0.2, 0.25) is 0 Å². The van der Waals surface area contributed by atoms with Crippen LogP contribution in [-0.4, -0.2) is 81.8 Å². The van der Waals surface area contributed by atoms with E-state index in [4.69, 9.17) is 9.47 Å². The van der Waals surface area contributed by atoms with Crippen LogP contribution in [0.3, 0.4) is 0 Å². The fourth-order valence-electron chi connectivity index (χ4n) is 7.25. The third kappa shape index (κ3) is 3.75. The Bertz CT molecular complexity index is 940. The van der Waals surface area contributed by atoms with Crippen LogP contribution >= 0.6 is 0 Å². The Morgan fingerprint density at radius 3 is 2.49 bits per heavy atom. The highest BCUT2D eigenvalue weighted by atomic mass is 16.6. The van der Waals surface area contributed by atoms with E-state index in [0.717, 1.165) is 25.7 Å². The molecule has 0 radical (unpaired) electrons. The predicted octanol–water partition coefficient (Wildman–Crippen LogP) is 2.21. The van der Waals surface area contributed by atoms with Crippen molar-refractivity contribution in [1.82, 2.24) is 9.80 Å². The number of aliphatic hydroxyl groups is 1. The summed E-state index contributed by atoms with van der Waals surface area (Å²) in [5.41, 5.74) is -2.35. The maximum Gasteiger partial charge on any atom is 0.313 e. The van der Waals surface area contributed by atoms with E-state index < -0.39 is 41.1 Å². The Morgan fingerprint density at radius 2 is 1.80 bits per heavy atom. The van der Waals surface area contributed by atoms with Crippen molar-refractivity contribution >= 4 is 17.8 Å². The molecule has 0 aromatic carbocycles. The normalized spacial score (nSPS) is 38.2. The third-order valence-electron chi connectivity index (χ3n) is 8.64. The molecule has 35 heavy (non-hydrogen) atoms. The van der Waals surface area contributed by atoms with Crippen LogP contribution in [0.15, 0.2) is 24.3 Å². The van der Waals surface area contributed by atoms with Gasteiger partial charge in [-0.1, -0.05) is 51.3 Å². The van der Waals surface area contributed by atoms with Gasteiger partial charge >= 0.3 is 5.97 Å². The average molecular weight is 487 g/mol. The van der Waals surface area contributed by atoms with Crippen molar-refractivity contribution in [2.24, 2.45) is 17.8 Å². The molecule has 4 heterocycles. The molecule has 192 valence electrons. The summed E-state index contributed by atoms with van der Waals surface area (Å²) in [6.07, 6.45) is 13.1. The molecular formula is C27H38N2O6. The number of ether oxygens (including phenoxy) is 2. The van der Waals surface area contributed by atoms with E-state index in [1.807, 2.05) is 43.9 Å². The van der Waals surface area contributed by atoms with Crippen molar-refractivity contribution in [3.05, 3.63) is 24.3 Å². The smallest absolute Gasteiger partial charge is 0.313 e. The number of carbonyl (C=O) groups excluding carboxylic acids is 3. The molecular weight excluding hydrogens is 448 g/mol. The summed E-state index contributed by atoms with van der Waals surface area (Å²) in [5.74, 6) is -2.47. The fraction of sp³-hybridized carbons (Fsp3) is 0.741. The van der Waals surface area contributed by atoms with Gasteiger partial charge < -0.3 is 24.4 Å². The molecule has 6 atom stereocenters. The zero-order chi connectivity index (χ0) is 25.0. The molecule has 2 amide bonds.